The molecule has 2 aromatic carbocycles. The Morgan fingerprint density at radius 1 is 0.971 bits per heavy atom. The summed E-state index contributed by atoms with van der Waals surface area (Å²) < 4.78 is 0. The smallest absolute Gasteiger partial charge is 0.267 e. The van der Waals surface area contributed by atoms with Gasteiger partial charge in [-0.3, -0.25) is 9.59 Å². The fraction of sp³-hybridized carbons (Fsp3) is 0.296. The Morgan fingerprint density at radius 3 is 2.31 bits per heavy atom. The second-order valence-corrected chi connectivity index (χ2v) is 10.1. The zero-order valence-electron chi connectivity index (χ0n) is 19.2. The van der Waals surface area contributed by atoms with E-state index in [4.69, 9.17) is 11.6 Å². The van der Waals surface area contributed by atoms with E-state index in [-0.39, 0.29) is 23.3 Å². The van der Waals surface area contributed by atoms with Crippen LogP contribution in [-0.4, -0.2) is 47.8 Å². The van der Waals surface area contributed by atoms with Gasteiger partial charge in [-0.1, -0.05) is 66.2 Å². The molecule has 3 aliphatic rings. The number of nitriles is 1. The van der Waals surface area contributed by atoms with Crippen molar-refractivity contribution in [1.29, 1.82) is 5.26 Å². The van der Waals surface area contributed by atoms with Gasteiger partial charge >= 0.3 is 0 Å². The van der Waals surface area contributed by atoms with Crippen LogP contribution in [0, 0.1) is 17.2 Å². The van der Waals surface area contributed by atoms with Gasteiger partial charge in [0.2, 0.25) is 5.91 Å². The number of benzene rings is 2. The van der Waals surface area contributed by atoms with Gasteiger partial charge in [0.05, 0.1) is 5.70 Å². The molecule has 5 rings (SSSR count). The first kappa shape index (κ1) is 23.5. The fourth-order valence-corrected chi connectivity index (χ4v) is 5.77. The maximum absolute atomic E-state index is 13.5. The van der Waals surface area contributed by atoms with Crippen molar-refractivity contribution in [3.8, 4) is 6.07 Å². The Balaban J connectivity index is 1.42. The summed E-state index contributed by atoms with van der Waals surface area (Å²) in [5, 5.41) is 13.2. The first-order valence-electron chi connectivity index (χ1n) is 11.8. The third kappa shape index (κ3) is 4.69. The molecule has 178 valence electrons. The topological polar surface area (TPSA) is 67.6 Å². The summed E-state index contributed by atoms with van der Waals surface area (Å²) in [6, 6.07) is 19.4. The quantitative estimate of drug-likeness (QED) is 0.428. The van der Waals surface area contributed by atoms with Gasteiger partial charge in [-0.15, -0.1) is 0 Å². The molecular weight excluding hydrogens is 480 g/mol. The molecule has 2 aromatic rings. The molecule has 2 heterocycles. The van der Waals surface area contributed by atoms with Gasteiger partial charge in [0.1, 0.15) is 16.7 Å². The van der Waals surface area contributed by atoms with E-state index in [0.29, 0.717) is 36.2 Å². The Hall–Kier alpha value is -3.21. The van der Waals surface area contributed by atoms with Crippen LogP contribution in [-0.2, 0) is 9.59 Å². The van der Waals surface area contributed by atoms with E-state index < -0.39 is 0 Å². The molecule has 1 saturated carbocycles. The molecule has 0 atom stereocenters. The van der Waals surface area contributed by atoms with Crippen LogP contribution >= 0.6 is 23.4 Å². The molecule has 0 N–H and O–H groups in total. The number of rotatable bonds is 4. The lowest BCUT2D eigenvalue weighted by atomic mass is 9.84. The van der Waals surface area contributed by atoms with Gasteiger partial charge < -0.3 is 14.7 Å². The number of hydrogen-bond donors (Lipinski definition) is 0. The number of anilines is 1. The Kier molecular flexibility index (Phi) is 6.85. The monoisotopic (exact) mass is 504 g/mol. The summed E-state index contributed by atoms with van der Waals surface area (Å²) in [5.41, 5.74) is 2.73. The number of amides is 2. The summed E-state index contributed by atoms with van der Waals surface area (Å²) in [5.74, 6) is 0.0514. The van der Waals surface area contributed by atoms with Crippen molar-refractivity contribution in [2.45, 2.75) is 19.3 Å². The lowest BCUT2D eigenvalue weighted by molar-refractivity contribution is -0.142. The van der Waals surface area contributed by atoms with Gasteiger partial charge in [-0.05, 0) is 36.6 Å². The molecule has 6 nitrogen and oxygen atoms in total. The van der Waals surface area contributed by atoms with E-state index >= 15 is 0 Å². The fourth-order valence-electron chi connectivity index (χ4n) is 4.56. The van der Waals surface area contributed by atoms with Crippen molar-refractivity contribution in [2.24, 2.45) is 5.92 Å². The third-order valence-electron chi connectivity index (χ3n) is 6.73. The highest BCUT2D eigenvalue weighted by Gasteiger charge is 2.35. The van der Waals surface area contributed by atoms with E-state index in [1.807, 2.05) is 63.7 Å². The minimum atomic E-state index is -0.305. The van der Waals surface area contributed by atoms with Crippen molar-refractivity contribution in [1.82, 2.24) is 9.80 Å². The molecule has 2 fully saturated rings. The standard InChI is InChI=1S/C27H25ClN4O2S/c28-21-10-5-11-22(16-21)32-24(19-6-2-1-3-7-19)18-35-27(32)23(17-29)26(34)31-14-12-30(13-15-31)25(33)20-8-4-9-20/h1-3,5-7,10-11,16,18,20H,4,8-9,12-15H2. The van der Waals surface area contributed by atoms with E-state index in [1.54, 1.807) is 11.0 Å². The third-order valence-corrected chi connectivity index (χ3v) is 7.92. The van der Waals surface area contributed by atoms with Crippen LogP contribution in [0.3, 0.4) is 0 Å². The molecule has 0 spiro atoms. The molecule has 8 heteroatoms. The zero-order chi connectivity index (χ0) is 24.4. The summed E-state index contributed by atoms with van der Waals surface area (Å²) in [4.78, 5) is 31.6. The maximum Gasteiger partial charge on any atom is 0.267 e. The number of carbonyl (C=O) groups is 2. The van der Waals surface area contributed by atoms with Crippen molar-refractivity contribution in [3.63, 3.8) is 0 Å². The normalized spacial score (nSPS) is 19.7. The van der Waals surface area contributed by atoms with Crippen LogP contribution in [0.4, 0.5) is 5.69 Å². The molecular formula is C27H25ClN4O2S. The summed E-state index contributed by atoms with van der Waals surface area (Å²) in [7, 11) is 0. The molecule has 1 saturated heterocycles. The minimum absolute atomic E-state index is 0.0935. The van der Waals surface area contributed by atoms with E-state index in [2.05, 4.69) is 6.07 Å². The van der Waals surface area contributed by atoms with Gasteiger partial charge in [-0.2, -0.15) is 5.26 Å². The Morgan fingerprint density at radius 2 is 1.69 bits per heavy atom. The molecule has 2 amide bonds. The molecule has 0 unspecified atom stereocenters. The number of hydrogen-bond acceptors (Lipinski definition) is 5. The van der Waals surface area contributed by atoms with E-state index in [0.717, 1.165) is 36.2 Å². The van der Waals surface area contributed by atoms with Crippen LogP contribution in [0.1, 0.15) is 24.8 Å². The number of carbonyl (C=O) groups excluding carboxylic acids is 2. The van der Waals surface area contributed by atoms with Crippen molar-refractivity contribution < 1.29 is 9.59 Å². The molecule has 2 aliphatic heterocycles. The summed E-state index contributed by atoms with van der Waals surface area (Å²) in [6.45, 7) is 1.87. The molecule has 0 bridgehead atoms. The number of piperazine rings is 1. The highest BCUT2D eigenvalue weighted by Crippen LogP contribution is 2.45. The predicted octanol–water partition coefficient (Wildman–Crippen LogP) is 5.10. The first-order valence-corrected chi connectivity index (χ1v) is 13.0. The Labute approximate surface area is 214 Å². The summed E-state index contributed by atoms with van der Waals surface area (Å²) in [6.07, 6.45) is 3.06. The number of halogens is 1. The number of nitrogens with zero attached hydrogens (tertiary/aromatic N) is 4. The highest BCUT2D eigenvalue weighted by atomic mass is 35.5. The van der Waals surface area contributed by atoms with Gasteiger partial charge in [-0.25, -0.2) is 0 Å². The van der Waals surface area contributed by atoms with Crippen LogP contribution in [0.5, 0.6) is 0 Å². The molecule has 1 aliphatic carbocycles. The SMILES string of the molecule is N#CC(C(=O)N1CCN(C(=O)C2CCC2)CC1)=C1SC=C(c2ccccc2)N1c1cccc(Cl)c1. The summed E-state index contributed by atoms with van der Waals surface area (Å²) >= 11 is 7.66. The molecule has 0 radical (unpaired) electrons. The van der Waals surface area contributed by atoms with Crippen LogP contribution in [0.15, 0.2) is 70.6 Å². The molecule has 35 heavy (non-hydrogen) atoms. The van der Waals surface area contributed by atoms with Crippen molar-refractivity contribution >= 4 is 46.6 Å². The van der Waals surface area contributed by atoms with Crippen molar-refractivity contribution in [3.05, 3.63) is 81.2 Å². The van der Waals surface area contributed by atoms with Crippen molar-refractivity contribution in [2.75, 3.05) is 31.1 Å². The minimum Gasteiger partial charge on any atom is -0.339 e. The second kappa shape index (κ2) is 10.2. The lowest BCUT2D eigenvalue weighted by Crippen LogP contribution is -2.53. The van der Waals surface area contributed by atoms with E-state index in [9.17, 15) is 14.9 Å². The Bertz CT molecular complexity index is 1240. The van der Waals surface area contributed by atoms with E-state index in [1.165, 1.54) is 11.8 Å². The maximum atomic E-state index is 13.5. The average Bonchev–Trinajstić information content (AvgIpc) is 3.29. The van der Waals surface area contributed by atoms with Crippen LogP contribution in [0.25, 0.3) is 5.70 Å². The number of thioether (sulfide) groups is 1. The predicted molar refractivity (Wildman–Crippen MR) is 139 cm³/mol. The van der Waals surface area contributed by atoms with Crippen LogP contribution in [0.2, 0.25) is 5.02 Å². The lowest BCUT2D eigenvalue weighted by Gasteiger charge is -2.38. The molecule has 0 aromatic heterocycles. The van der Waals surface area contributed by atoms with Crippen LogP contribution < -0.4 is 4.90 Å². The largest absolute Gasteiger partial charge is 0.339 e. The second-order valence-electron chi connectivity index (χ2n) is 8.84. The van der Waals surface area contributed by atoms with Gasteiger partial charge in [0, 0.05) is 48.2 Å². The van der Waals surface area contributed by atoms with Gasteiger partial charge in [0.25, 0.3) is 5.91 Å². The first-order chi connectivity index (χ1) is 17.1. The van der Waals surface area contributed by atoms with Gasteiger partial charge in [0.15, 0.2) is 0 Å². The average molecular weight is 505 g/mol. The zero-order valence-corrected chi connectivity index (χ0v) is 20.8. The highest BCUT2D eigenvalue weighted by molar-refractivity contribution is 8.06.